The fourth-order valence-corrected chi connectivity index (χ4v) is 3.47. The van der Waals surface area contributed by atoms with Crippen molar-refractivity contribution < 1.29 is 13.5 Å². The van der Waals surface area contributed by atoms with Crippen molar-refractivity contribution in [3.63, 3.8) is 0 Å². The Hall–Kier alpha value is -0.220. The first-order chi connectivity index (χ1) is 8.11. The van der Waals surface area contributed by atoms with Gasteiger partial charge in [0.2, 0.25) is 0 Å². The van der Waals surface area contributed by atoms with Gasteiger partial charge in [-0.05, 0) is 38.5 Å². The number of hydrogen-bond donors (Lipinski definition) is 1. The summed E-state index contributed by atoms with van der Waals surface area (Å²) in [4.78, 5) is 0. The highest BCUT2D eigenvalue weighted by Gasteiger charge is 2.70. The lowest BCUT2D eigenvalue weighted by Crippen LogP contribution is -2.45. The van der Waals surface area contributed by atoms with Crippen LogP contribution in [0.15, 0.2) is 0 Å². The highest BCUT2D eigenvalue weighted by molar-refractivity contribution is 5.12. The molecule has 98 valence electrons. The minimum absolute atomic E-state index is 0.138. The van der Waals surface area contributed by atoms with Crippen molar-refractivity contribution in [2.24, 2.45) is 5.41 Å². The van der Waals surface area contributed by atoms with Crippen LogP contribution in [-0.2, 0) is 4.74 Å². The van der Waals surface area contributed by atoms with Gasteiger partial charge < -0.3 is 10.1 Å². The van der Waals surface area contributed by atoms with Gasteiger partial charge in [0.15, 0.2) is 0 Å². The Bertz CT molecular complexity index is 281. The summed E-state index contributed by atoms with van der Waals surface area (Å²) < 4.78 is 31.9. The number of alkyl halides is 2. The zero-order valence-electron chi connectivity index (χ0n) is 10.2. The molecular weight excluding hydrogens is 224 g/mol. The van der Waals surface area contributed by atoms with E-state index >= 15 is 0 Å². The third-order valence-electron chi connectivity index (χ3n) is 4.79. The van der Waals surface area contributed by atoms with Crippen molar-refractivity contribution in [2.75, 3.05) is 13.2 Å². The van der Waals surface area contributed by atoms with Crippen LogP contribution >= 0.6 is 0 Å². The van der Waals surface area contributed by atoms with Crippen molar-refractivity contribution in [1.82, 2.24) is 5.32 Å². The molecule has 4 heteroatoms. The minimum atomic E-state index is -2.36. The van der Waals surface area contributed by atoms with E-state index in [1.54, 1.807) is 0 Å². The first kappa shape index (κ1) is 11.8. The van der Waals surface area contributed by atoms with Gasteiger partial charge in [-0.15, -0.1) is 0 Å². The van der Waals surface area contributed by atoms with Gasteiger partial charge in [-0.3, -0.25) is 0 Å². The lowest BCUT2D eigenvalue weighted by molar-refractivity contribution is 0.0362. The summed E-state index contributed by atoms with van der Waals surface area (Å²) in [6.45, 7) is 1.66. The maximum Gasteiger partial charge on any atom is 0.254 e. The lowest BCUT2D eigenvalue weighted by atomic mass is 9.82. The monoisotopic (exact) mass is 245 g/mol. The van der Waals surface area contributed by atoms with E-state index in [1.165, 1.54) is 0 Å². The molecule has 0 aromatic carbocycles. The molecule has 17 heavy (non-hydrogen) atoms. The van der Waals surface area contributed by atoms with Crippen LogP contribution in [0.2, 0.25) is 0 Å². The molecule has 0 radical (unpaired) electrons. The van der Waals surface area contributed by atoms with Gasteiger partial charge in [0.25, 0.3) is 5.92 Å². The third kappa shape index (κ3) is 2.22. The molecule has 1 atom stereocenters. The smallest absolute Gasteiger partial charge is 0.254 e. The van der Waals surface area contributed by atoms with Gasteiger partial charge in [-0.2, -0.15) is 0 Å². The predicted molar refractivity (Wildman–Crippen MR) is 61.2 cm³/mol. The van der Waals surface area contributed by atoms with Crippen LogP contribution in [0.1, 0.15) is 44.9 Å². The van der Waals surface area contributed by atoms with Crippen LogP contribution < -0.4 is 5.32 Å². The zero-order chi connectivity index (χ0) is 11.9. The molecule has 1 unspecified atom stereocenters. The molecule has 0 bridgehead atoms. The second-order valence-corrected chi connectivity index (χ2v) is 6.02. The van der Waals surface area contributed by atoms with Gasteiger partial charge in [-0.25, -0.2) is 8.78 Å². The number of nitrogens with one attached hydrogen (secondary N) is 1. The van der Waals surface area contributed by atoms with Gasteiger partial charge in [-0.1, -0.05) is 0 Å². The molecule has 0 amide bonds. The van der Waals surface area contributed by atoms with E-state index in [4.69, 9.17) is 4.74 Å². The molecule has 3 rings (SSSR count). The standard InChI is InChI=1S/C13H21F2NO/c14-13(15)9-12(13)5-3-10(4-6-12)16-11-2-1-7-17-8-11/h10-11,16H,1-9H2. The third-order valence-corrected chi connectivity index (χ3v) is 4.79. The van der Waals surface area contributed by atoms with Gasteiger partial charge in [0.1, 0.15) is 0 Å². The topological polar surface area (TPSA) is 21.3 Å². The zero-order valence-corrected chi connectivity index (χ0v) is 10.2. The summed E-state index contributed by atoms with van der Waals surface area (Å²) >= 11 is 0. The molecule has 1 saturated heterocycles. The molecule has 1 N–H and O–H groups in total. The molecule has 3 aliphatic rings. The number of halogens is 2. The largest absolute Gasteiger partial charge is 0.380 e. The van der Waals surface area contributed by atoms with E-state index in [0.29, 0.717) is 24.9 Å². The average molecular weight is 245 g/mol. The van der Waals surface area contributed by atoms with Crippen LogP contribution in [0, 0.1) is 5.41 Å². The van der Waals surface area contributed by atoms with Crippen molar-refractivity contribution in [2.45, 2.75) is 63.0 Å². The Morgan fingerprint density at radius 1 is 1.06 bits per heavy atom. The summed E-state index contributed by atoms with van der Waals surface area (Å²) in [5.41, 5.74) is -0.603. The van der Waals surface area contributed by atoms with Crippen LogP contribution in [0.25, 0.3) is 0 Å². The number of rotatable bonds is 2. The van der Waals surface area contributed by atoms with Crippen LogP contribution in [0.4, 0.5) is 8.78 Å². The van der Waals surface area contributed by atoms with E-state index in [1.807, 2.05) is 0 Å². The summed E-state index contributed by atoms with van der Waals surface area (Å²) in [6.07, 6.45) is 5.64. The SMILES string of the molecule is FC1(F)CC12CCC(NC1CCCOC1)CC2. The maximum atomic E-state index is 13.2. The van der Waals surface area contributed by atoms with Gasteiger partial charge >= 0.3 is 0 Å². The summed E-state index contributed by atoms with van der Waals surface area (Å²) in [7, 11) is 0. The molecule has 1 aliphatic heterocycles. The Balaban J connectivity index is 1.46. The minimum Gasteiger partial charge on any atom is -0.380 e. The molecule has 0 aromatic rings. The Labute approximate surface area is 101 Å². The quantitative estimate of drug-likeness (QED) is 0.807. The average Bonchev–Trinajstić information content (AvgIpc) is 2.85. The van der Waals surface area contributed by atoms with E-state index in [0.717, 1.165) is 38.9 Å². The van der Waals surface area contributed by atoms with Crippen molar-refractivity contribution >= 4 is 0 Å². The molecule has 2 saturated carbocycles. The maximum absolute atomic E-state index is 13.2. The highest BCUT2D eigenvalue weighted by Crippen LogP contribution is 2.67. The number of ether oxygens (including phenoxy) is 1. The van der Waals surface area contributed by atoms with E-state index in [9.17, 15) is 8.78 Å². The fraction of sp³-hybridized carbons (Fsp3) is 1.00. The molecule has 2 nitrogen and oxygen atoms in total. The molecule has 1 heterocycles. The van der Waals surface area contributed by atoms with Crippen molar-refractivity contribution in [1.29, 1.82) is 0 Å². The lowest BCUT2D eigenvalue weighted by Gasteiger charge is -2.33. The molecule has 1 spiro atoms. The summed E-state index contributed by atoms with van der Waals surface area (Å²) in [5, 5.41) is 3.58. The fourth-order valence-electron chi connectivity index (χ4n) is 3.47. The first-order valence-corrected chi connectivity index (χ1v) is 6.83. The van der Waals surface area contributed by atoms with Crippen LogP contribution in [0.3, 0.4) is 0 Å². The molecular formula is C13H21F2NO. The Morgan fingerprint density at radius 2 is 1.76 bits per heavy atom. The van der Waals surface area contributed by atoms with Crippen LogP contribution in [-0.4, -0.2) is 31.2 Å². The molecule has 0 aromatic heterocycles. The first-order valence-electron chi connectivity index (χ1n) is 6.83. The summed E-state index contributed by atoms with van der Waals surface area (Å²) in [5.74, 6) is -2.36. The normalized spacial score (nSPS) is 44.8. The van der Waals surface area contributed by atoms with Crippen molar-refractivity contribution in [3.8, 4) is 0 Å². The van der Waals surface area contributed by atoms with E-state index in [2.05, 4.69) is 5.32 Å². The van der Waals surface area contributed by atoms with Crippen molar-refractivity contribution in [3.05, 3.63) is 0 Å². The predicted octanol–water partition coefficient (Wildman–Crippen LogP) is 2.72. The highest BCUT2D eigenvalue weighted by atomic mass is 19.3. The Morgan fingerprint density at radius 3 is 2.29 bits per heavy atom. The van der Waals surface area contributed by atoms with E-state index < -0.39 is 11.3 Å². The van der Waals surface area contributed by atoms with E-state index in [-0.39, 0.29) is 6.42 Å². The second-order valence-electron chi connectivity index (χ2n) is 6.02. The van der Waals surface area contributed by atoms with Gasteiger partial charge in [0, 0.05) is 30.5 Å². The second kappa shape index (κ2) is 4.16. The number of hydrogen-bond acceptors (Lipinski definition) is 2. The van der Waals surface area contributed by atoms with Crippen LogP contribution in [0.5, 0.6) is 0 Å². The molecule has 2 aliphatic carbocycles. The molecule has 3 fully saturated rings. The Kier molecular flexibility index (Phi) is 2.90. The summed E-state index contributed by atoms with van der Waals surface area (Å²) in [6, 6.07) is 0.881. The van der Waals surface area contributed by atoms with Gasteiger partial charge in [0.05, 0.1) is 6.61 Å².